The topological polar surface area (TPSA) is 18.5 Å². The first kappa shape index (κ1) is 16.7. The molecule has 2 fully saturated rings. The van der Waals surface area contributed by atoms with E-state index < -0.39 is 18.3 Å². The van der Waals surface area contributed by atoms with Gasteiger partial charge in [0.15, 0.2) is 0 Å². The molecule has 2 nitrogen and oxygen atoms in total. The molecule has 1 heterocycles. The van der Waals surface area contributed by atoms with Crippen LogP contribution in [0.25, 0.3) is 6.08 Å². The largest absolute Gasteiger partial charge is 0.525 e. The molecule has 0 N–H and O–H groups in total. The highest BCUT2D eigenvalue weighted by atomic mass is 19.1. The van der Waals surface area contributed by atoms with Gasteiger partial charge in [-0.25, -0.2) is 4.39 Å². The minimum absolute atomic E-state index is 0.380. The Balaban J connectivity index is 1.64. The van der Waals surface area contributed by atoms with E-state index >= 15 is 0 Å². The van der Waals surface area contributed by atoms with Crippen LogP contribution in [0, 0.1) is 5.92 Å². The SMILES string of the molecule is CC1(C)OB(C(F)=Cc2ccc(CCC3CC3)cc2)OC1(C)C. The van der Waals surface area contributed by atoms with Crippen LogP contribution in [-0.2, 0) is 15.7 Å². The first-order valence-electron chi connectivity index (χ1n) is 8.58. The van der Waals surface area contributed by atoms with Crippen molar-refractivity contribution in [2.75, 3.05) is 0 Å². The Bertz CT molecular complexity index is 572. The molecule has 1 aromatic carbocycles. The predicted octanol–water partition coefficient (Wildman–Crippen LogP) is 4.97. The van der Waals surface area contributed by atoms with Crippen LogP contribution >= 0.6 is 0 Å². The lowest BCUT2D eigenvalue weighted by Gasteiger charge is -2.32. The molecule has 0 bridgehead atoms. The van der Waals surface area contributed by atoms with E-state index in [1.165, 1.54) is 30.9 Å². The van der Waals surface area contributed by atoms with Gasteiger partial charge in [-0.1, -0.05) is 37.1 Å². The standard InChI is InChI=1S/C19H26BFO2/c1-18(2)19(3,4)23-20(22-18)17(21)13-16-11-9-15(10-12-16)8-7-14-5-6-14/h9-14H,5-8H2,1-4H3. The third-order valence-corrected chi connectivity index (χ3v) is 5.30. The monoisotopic (exact) mass is 316 g/mol. The summed E-state index contributed by atoms with van der Waals surface area (Å²) in [6, 6.07) is 8.11. The highest BCUT2D eigenvalue weighted by Crippen LogP contribution is 2.39. The molecule has 0 radical (unpaired) electrons. The van der Waals surface area contributed by atoms with E-state index in [4.69, 9.17) is 9.31 Å². The Hall–Kier alpha value is -1.13. The zero-order valence-corrected chi connectivity index (χ0v) is 14.6. The number of rotatable bonds is 5. The highest BCUT2D eigenvalue weighted by molar-refractivity contribution is 6.54. The van der Waals surface area contributed by atoms with Gasteiger partial charge in [0.05, 0.1) is 11.2 Å². The molecule has 0 atom stereocenters. The van der Waals surface area contributed by atoms with E-state index in [1.54, 1.807) is 0 Å². The van der Waals surface area contributed by atoms with Crippen LogP contribution < -0.4 is 0 Å². The van der Waals surface area contributed by atoms with Gasteiger partial charge in [-0.15, -0.1) is 0 Å². The van der Waals surface area contributed by atoms with Crippen molar-refractivity contribution in [3.63, 3.8) is 0 Å². The lowest BCUT2D eigenvalue weighted by molar-refractivity contribution is 0.00578. The van der Waals surface area contributed by atoms with Gasteiger partial charge in [0, 0.05) is 0 Å². The zero-order valence-electron chi connectivity index (χ0n) is 14.6. The Kier molecular flexibility index (Phi) is 4.41. The van der Waals surface area contributed by atoms with E-state index in [1.807, 2.05) is 39.8 Å². The second-order valence-electron chi connectivity index (χ2n) is 7.84. The summed E-state index contributed by atoms with van der Waals surface area (Å²) in [5, 5.41) is 0. The summed E-state index contributed by atoms with van der Waals surface area (Å²) in [5.74, 6) is 0.940. The summed E-state index contributed by atoms with van der Waals surface area (Å²) in [5.41, 5.74) is 0.747. The zero-order chi connectivity index (χ0) is 16.7. The molecule has 1 saturated heterocycles. The first-order chi connectivity index (χ1) is 10.8. The quantitative estimate of drug-likeness (QED) is 0.714. The molecule has 0 aromatic heterocycles. The fraction of sp³-hybridized carbons (Fsp3) is 0.579. The highest BCUT2D eigenvalue weighted by Gasteiger charge is 2.53. The normalized spacial score (nSPS) is 23.3. The second-order valence-corrected chi connectivity index (χ2v) is 7.84. The number of benzene rings is 1. The van der Waals surface area contributed by atoms with Gasteiger partial charge in [-0.3, -0.25) is 0 Å². The molecule has 4 heteroatoms. The fourth-order valence-corrected chi connectivity index (χ4v) is 2.74. The maximum atomic E-state index is 14.5. The Morgan fingerprint density at radius 1 is 1.13 bits per heavy atom. The molecule has 23 heavy (non-hydrogen) atoms. The van der Waals surface area contributed by atoms with Gasteiger partial charge < -0.3 is 9.31 Å². The third kappa shape index (κ3) is 3.86. The molecule has 0 unspecified atom stereocenters. The van der Waals surface area contributed by atoms with Gasteiger partial charge in [-0.05, 0) is 63.7 Å². The van der Waals surface area contributed by atoms with Gasteiger partial charge >= 0.3 is 7.12 Å². The van der Waals surface area contributed by atoms with Crippen LogP contribution in [0.2, 0.25) is 0 Å². The lowest BCUT2D eigenvalue weighted by Crippen LogP contribution is -2.41. The van der Waals surface area contributed by atoms with Gasteiger partial charge in [0.1, 0.15) is 5.73 Å². The van der Waals surface area contributed by atoms with Crippen LogP contribution in [0.15, 0.2) is 30.0 Å². The van der Waals surface area contributed by atoms with Crippen LogP contribution in [0.5, 0.6) is 0 Å². The van der Waals surface area contributed by atoms with Crippen molar-refractivity contribution in [3.8, 4) is 0 Å². The fourth-order valence-electron chi connectivity index (χ4n) is 2.74. The number of hydrogen-bond donors (Lipinski definition) is 0. The predicted molar refractivity (Wildman–Crippen MR) is 92.7 cm³/mol. The van der Waals surface area contributed by atoms with Crippen molar-refractivity contribution >= 4 is 13.2 Å². The van der Waals surface area contributed by atoms with Crippen molar-refractivity contribution in [1.82, 2.24) is 0 Å². The molecule has 2 aliphatic rings. The van der Waals surface area contributed by atoms with Crippen molar-refractivity contribution in [2.45, 2.75) is 64.6 Å². The minimum Gasteiger partial charge on any atom is -0.398 e. The van der Waals surface area contributed by atoms with Crippen molar-refractivity contribution in [1.29, 1.82) is 0 Å². The van der Waals surface area contributed by atoms with Gasteiger partial charge in [0.2, 0.25) is 0 Å². The molecule has 124 valence electrons. The molecule has 1 aliphatic carbocycles. The van der Waals surface area contributed by atoms with Crippen molar-refractivity contribution in [2.24, 2.45) is 5.92 Å². The van der Waals surface area contributed by atoms with E-state index in [9.17, 15) is 4.39 Å². The first-order valence-corrected chi connectivity index (χ1v) is 8.58. The second kappa shape index (κ2) is 6.06. The molecular formula is C19H26BFO2. The molecule has 3 rings (SSSR count). The van der Waals surface area contributed by atoms with Crippen LogP contribution in [0.4, 0.5) is 4.39 Å². The minimum atomic E-state index is -0.922. The Labute approximate surface area is 139 Å². The number of hydrogen-bond acceptors (Lipinski definition) is 2. The van der Waals surface area contributed by atoms with Crippen molar-refractivity contribution in [3.05, 3.63) is 41.1 Å². The maximum Gasteiger partial charge on any atom is 0.525 e. The molecule has 0 amide bonds. The van der Waals surface area contributed by atoms with Crippen LogP contribution in [0.3, 0.4) is 0 Å². The summed E-state index contributed by atoms with van der Waals surface area (Å²) in [7, 11) is -0.922. The molecular weight excluding hydrogens is 290 g/mol. The molecule has 1 saturated carbocycles. The molecule has 0 spiro atoms. The third-order valence-electron chi connectivity index (χ3n) is 5.30. The van der Waals surface area contributed by atoms with E-state index in [0.717, 1.165) is 17.9 Å². The number of halogens is 1. The average Bonchev–Trinajstić information content (AvgIpc) is 3.26. The maximum absolute atomic E-state index is 14.5. The van der Waals surface area contributed by atoms with Crippen LogP contribution in [-0.4, -0.2) is 18.3 Å². The van der Waals surface area contributed by atoms with Crippen molar-refractivity contribution < 1.29 is 13.7 Å². The molecule has 1 aromatic rings. The number of aryl methyl sites for hydroxylation is 1. The summed E-state index contributed by atoms with van der Waals surface area (Å²) in [6.45, 7) is 7.70. The van der Waals surface area contributed by atoms with E-state index in [-0.39, 0.29) is 5.73 Å². The Morgan fingerprint density at radius 3 is 2.22 bits per heavy atom. The van der Waals surface area contributed by atoms with Gasteiger partial charge in [0.25, 0.3) is 0 Å². The summed E-state index contributed by atoms with van der Waals surface area (Å²) < 4.78 is 25.9. The summed E-state index contributed by atoms with van der Waals surface area (Å²) in [6.07, 6.45) is 6.68. The average molecular weight is 316 g/mol. The van der Waals surface area contributed by atoms with E-state index in [0.29, 0.717) is 0 Å². The van der Waals surface area contributed by atoms with Gasteiger partial charge in [-0.2, -0.15) is 0 Å². The molecule has 1 aliphatic heterocycles. The van der Waals surface area contributed by atoms with E-state index in [2.05, 4.69) is 12.1 Å². The summed E-state index contributed by atoms with van der Waals surface area (Å²) >= 11 is 0. The van der Waals surface area contributed by atoms with Crippen LogP contribution in [0.1, 0.15) is 58.1 Å². The Morgan fingerprint density at radius 2 is 1.70 bits per heavy atom. The smallest absolute Gasteiger partial charge is 0.398 e. The summed E-state index contributed by atoms with van der Waals surface area (Å²) in [4.78, 5) is 0. The lowest BCUT2D eigenvalue weighted by atomic mass is 9.86.